The van der Waals surface area contributed by atoms with Crippen molar-refractivity contribution >= 4 is 23.2 Å². The Kier molecular flexibility index (Phi) is 6.43. The van der Waals surface area contributed by atoms with Gasteiger partial charge in [0.25, 0.3) is 11.8 Å². The molecule has 0 spiro atoms. The van der Waals surface area contributed by atoms with E-state index in [-0.39, 0.29) is 23.9 Å². The first-order chi connectivity index (χ1) is 14.4. The molecule has 0 aliphatic rings. The molecule has 2 aromatic carbocycles. The summed E-state index contributed by atoms with van der Waals surface area (Å²) >= 11 is 0. The van der Waals surface area contributed by atoms with Crippen LogP contribution in [-0.4, -0.2) is 22.8 Å². The summed E-state index contributed by atoms with van der Waals surface area (Å²) in [6.45, 7) is 1.72. The molecule has 0 aliphatic heterocycles. The number of rotatable bonds is 8. The minimum Gasteiger partial charge on any atom is -0.474 e. The van der Waals surface area contributed by atoms with Gasteiger partial charge in [-0.2, -0.15) is 0 Å². The molecule has 1 unspecified atom stereocenters. The average molecular weight is 409 g/mol. The molecule has 0 aliphatic carbocycles. The molecule has 0 saturated heterocycles. The molecular weight excluding hydrogens is 390 g/mol. The third-order valence-corrected chi connectivity index (χ3v) is 4.13. The van der Waals surface area contributed by atoms with E-state index in [1.807, 2.05) is 0 Å². The number of para-hydroxylation sites is 2. The van der Waals surface area contributed by atoms with Crippen LogP contribution in [0.5, 0.6) is 5.75 Å². The lowest BCUT2D eigenvalue weighted by Crippen LogP contribution is -2.30. The molecule has 1 heterocycles. The molecule has 0 saturated carbocycles. The molecule has 1 atom stereocenters. The van der Waals surface area contributed by atoms with Gasteiger partial charge in [-0.05, 0) is 43.3 Å². The maximum atomic E-state index is 12.4. The number of furan rings is 1. The van der Waals surface area contributed by atoms with Crippen molar-refractivity contribution in [2.75, 3.05) is 5.32 Å². The van der Waals surface area contributed by atoms with Crippen LogP contribution in [0.3, 0.4) is 0 Å². The number of nitrogens with one attached hydrogen (secondary N) is 2. The third-order valence-electron chi connectivity index (χ3n) is 4.13. The Morgan fingerprint density at radius 1 is 1.13 bits per heavy atom. The highest BCUT2D eigenvalue weighted by Gasteiger charge is 2.21. The lowest BCUT2D eigenvalue weighted by Gasteiger charge is -2.15. The number of nitrogens with zero attached hydrogens (tertiary/aromatic N) is 1. The van der Waals surface area contributed by atoms with Crippen LogP contribution in [0.25, 0.3) is 0 Å². The smallest absolute Gasteiger partial charge is 0.310 e. The van der Waals surface area contributed by atoms with Gasteiger partial charge in [-0.1, -0.05) is 18.2 Å². The Hall–Kier alpha value is -4.14. The zero-order chi connectivity index (χ0) is 21.5. The molecule has 3 aromatic rings. The monoisotopic (exact) mass is 409 g/mol. The summed E-state index contributed by atoms with van der Waals surface area (Å²) in [5.74, 6) is -0.224. The first kappa shape index (κ1) is 20.6. The number of anilines is 1. The van der Waals surface area contributed by atoms with Gasteiger partial charge in [0.15, 0.2) is 11.9 Å². The van der Waals surface area contributed by atoms with E-state index in [0.717, 1.165) is 0 Å². The second-order valence-electron chi connectivity index (χ2n) is 6.32. The molecular formula is C21H19N3O6. The average Bonchev–Trinajstić information content (AvgIpc) is 3.26. The van der Waals surface area contributed by atoms with Gasteiger partial charge in [-0.25, -0.2) is 0 Å². The number of amides is 2. The van der Waals surface area contributed by atoms with E-state index in [9.17, 15) is 19.7 Å². The summed E-state index contributed by atoms with van der Waals surface area (Å²) in [4.78, 5) is 35.2. The zero-order valence-electron chi connectivity index (χ0n) is 16.0. The van der Waals surface area contributed by atoms with E-state index >= 15 is 0 Å². The lowest BCUT2D eigenvalue weighted by molar-refractivity contribution is -0.386. The quantitative estimate of drug-likeness (QED) is 0.433. The lowest BCUT2D eigenvalue weighted by atomic mass is 10.2. The van der Waals surface area contributed by atoms with Gasteiger partial charge < -0.3 is 19.8 Å². The number of benzene rings is 2. The van der Waals surface area contributed by atoms with Crippen molar-refractivity contribution in [2.45, 2.75) is 19.6 Å². The predicted molar refractivity (Wildman–Crippen MR) is 108 cm³/mol. The van der Waals surface area contributed by atoms with Crippen LogP contribution in [0.4, 0.5) is 11.4 Å². The van der Waals surface area contributed by atoms with Crippen LogP contribution in [0.1, 0.15) is 23.0 Å². The molecule has 0 fully saturated rings. The predicted octanol–water partition coefficient (Wildman–Crippen LogP) is 3.52. The fourth-order valence-corrected chi connectivity index (χ4v) is 2.62. The summed E-state index contributed by atoms with van der Waals surface area (Å²) in [6, 6.07) is 15.7. The van der Waals surface area contributed by atoms with Gasteiger partial charge in [0, 0.05) is 17.3 Å². The largest absolute Gasteiger partial charge is 0.474 e. The van der Waals surface area contributed by atoms with Gasteiger partial charge in [-0.3, -0.25) is 19.7 Å². The fraction of sp³-hybridized carbons (Fsp3) is 0.143. The number of nitro groups is 1. The second kappa shape index (κ2) is 9.37. The van der Waals surface area contributed by atoms with Gasteiger partial charge in [0.05, 0.1) is 17.7 Å². The van der Waals surface area contributed by atoms with E-state index in [4.69, 9.17) is 9.15 Å². The highest BCUT2D eigenvalue weighted by atomic mass is 16.6. The van der Waals surface area contributed by atoms with Crippen molar-refractivity contribution in [1.82, 2.24) is 5.32 Å². The molecule has 2 amide bonds. The Morgan fingerprint density at radius 2 is 1.93 bits per heavy atom. The molecule has 9 nitrogen and oxygen atoms in total. The molecule has 0 bridgehead atoms. The summed E-state index contributed by atoms with van der Waals surface area (Å²) in [6.07, 6.45) is 0.521. The van der Waals surface area contributed by atoms with Crippen molar-refractivity contribution in [3.63, 3.8) is 0 Å². The Balaban J connectivity index is 1.61. The minimum atomic E-state index is -0.998. The first-order valence-corrected chi connectivity index (χ1v) is 9.05. The van der Waals surface area contributed by atoms with Gasteiger partial charge >= 0.3 is 5.69 Å². The third kappa shape index (κ3) is 5.22. The van der Waals surface area contributed by atoms with Crippen LogP contribution < -0.4 is 15.4 Å². The number of nitro benzene ring substituents is 1. The van der Waals surface area contributed by atoms with Crippen molar-refractivity contribution in [2.24, 2.45) is 0 Å². The van der Waals surface area contributed by atoms with Gasteiger partial charge in [0.2, 0.25) is 0 Å². The maximum Gasteiger partial charge on any atom is 0.310 e. The molecule has 154 valence electrons. The summed E-state index contributed by atoms with van der Waals surface area (Å²) < 4.78 is 10.6. The van der Waals surface area contributed by atoms with Crippen LogP contribution in [0, 0.1) is 10.1 Å². The van der Waals surface area contributed by atoms with E-state index in [1.54, 1.807) is 36.4 Å². The highest BCUT2D eigenvalue weighted by molar-refractivity contribution is 5.98. The van der Waals surface area contributed by atoms with Crippen LogP contribution in [-0.2, 0) is 11.3 Å². The molecule has 30 heavy (non-hydrogen) atoms. The second-order valence-corrected chi connectivity index (χ2v) is 6.32. The van der Waals surface area contributed by atoms with E-state index in [1.165, 1.54) is 37.5 Å². The molecule has 0 radical (unpaired) electrons. The summed E-state index contributed by atoms with van der Waals surface area (Å²) in [7, 11) is 0. The van der Waals surface area contributed by atoms with Crippen LogP contribution in [0.15, 0.2) is 71.3 Å². The van der Waals surface area contributed by atoms with E-state index < -0.39 is 16.9 Å². The van der Waals surface area contributed by atoms with E-state index in [0.29, 0.717) is 17.0 Å². The highest BCUT2D eigenvalue weighted by Crippen LogP contribution is 2.27. The summed E-state index contributed by atoms with van der Waals surface area (Å²) in [5.41, 5.74) is 0.516. The molecule has 2 N–H and O–H groups in total. The Bertz CT molecular complexity index is 1050. The molecule has 1 aromatic heterocycles. The Morgan fingerprint density at radius 3 is 2.67 bits per heavy atom. The topological polar surface area (TPSA) is 124 Å². The van der Waals surface area contributed by atoms with Crippen molar-refractivity contribution in [3.8, 4) is 5.75 Å². The number of carbonyl (C=O) groups is 2. The molecule has 9 heteroatoms. The van der Waals surface area contributed by atoms with Crippen LogP contribution in [0.2, 0.25) is 0 Å². The SMILES string of the molecule is CC(Oc1ccccc1[N+](=O)[O-])C(=O)Nc1cccc(C(=O)NCc2ccco2)c1. The minimum absolute atomic E-state index is 0.00351. The van der Waals surface area contributed by atoms with Crippen molar-refractivity contribution in [1.29, 1.82) is 0 Å². The zero-order valence-corrected chi connectivity index (χ0v) is 16.0. The first-order valence-electron chi connectivity index (χ1n) is 9.05. The number of carbonyl (C=O) groups excluding carboxylic acids is 2. The number of hydrogen-bond donors (Lipinski definition) is 2. The Labute approximate surface area is 171 Å². The molecule has 3 rings (SSSR count). The standard InChI is InChI=1S/C21H19N3O6/c1-14(30-19-10-3-2-9-18(19)24(27)28)20(25)23-16-7-4-6-15(12-16)21(26)22-13-17-8-5-11-29-17/h2-12,14H,13H2,1H3,(H,22,26)(H,23,25). The normalized spacial score (nSPS) is 11.4. The number of hydrogen-bond acceptors (Lipinski definition) is 6. The van der Waals surface area contributed by atoms with Gasteiger partial charge in [0.1, 0.15) is 5.76 Å². The fourth-order valence-electron chi connectivity index (χ4n) is 2.62. The van der Waals surface area contributed by atoms with Crippen molar-refractivity contribution in [3.05, 3.63) is 88.4 Å². The maximum absolute atomic E-state index is 12.4. The summed E-state index contributed by atoms with van der Waals surface area (Å²) in [5, 5.41) is 16.4. The van der Waals surface area contributed by atoms with E-state index in [2.05, 4.69) is 10.6 Å². The van der Waals surface area contributed by atoms with Crippen molar-refractivity contribution < 1.29 is 23.7 Å². The number of ether oxygens (including phenoxy) is 1. The van der Waals surface area contributed by atoms with Gasteiger partial charge in [-0.15, -0.1) is 0 Å². The van der Waals surface area contributed by atoms with Crippen LogP contribution >= 0.6 is 0 Å².